The van der Waals surface area contributed by atoms with Crippen molar-refractivity contribution in [3.63, 3.8) is 0 Å². The summed E-state index contributed by atoms with van der Waals surface area (Å²) in [5, 5.41) is 17.9. The van der Waals surface area contributed by atoms with Gasteiger partial charge in [-0.2, -0.15) is 14.8 Å². The first kappa shape index (κ1) is 19.2. The molecular weight excluding hydrogens is 324 g/mol. The van der Waals surface area contributed by atoms with E-state index in [4.69, 9.17) is 5.26 Å². The Morgan fingerprint density at radius 3 is 2.33 bits per heavy atom. The Bertz CT molecular complexity index is 589. The molecule has 7 heteroatoms. The molecule has 134 valence electrons. The molecule has 0 bridgehead atoms. The highest BCUT2D eigenvalue weighted by molar-refractivity contribution is 7.88. The third kappa shape index (κ3) is 5.17. The first-order chi connectivity index (χ1) is 11.5. The van der Waals surface area contributed by atoms with Gasteiger partial charge in [-0.1, -0.05) is 6.42 Å². The zero-order valence-electron chi connectivity index (χ0n) is 14.5. The van der Waals surface area contributed by atoms with E-state index in [-0.39, 0.29) is 18.0 Å². The van der Waals surface area contributed by atoms with Gasteiger partial charge >= 0.3 is 0 Å². The third-order valence-electron chi connectivity index (χ3n) is 5.23. The van der Waals surface area contributed by atoms with Gasteiger partial charge in [0.15, 0.2) is 0 Å². The van der Waals surface area contributed by atoms with Crippen LogP contribution in [0.15, 0.2) is 0 Å². The van der Waals surface area contributed by atoms with Crippen LogP contribution >= 0.6 is 0 Å². The zero-order valence-corrected chi connectivity index (χ0v) is 15.3. The largest absolute Gasteiger partial charge is 0.302 e. The van der Waals surface area contributed by atoms with Gasteiger partial charge < -0.3 is 4.90 Å². The van der Waals surface area contributed by atoms with Gasteiger partial charge in [0, 0.05) is 25.0 Å². The Labute approximate surface area is 146 Å². The molecule has 1 aliphatic carbocycles. The molecular formula is C17H28N4O2S. The van der Waals surface area contributed by atoms with Crippen LogP contribution in [0, 0.1) is 28.6 Å². The van der Waals surface area contributed by atoms with E-state index in [1.54, 1.807) is 4.31 Å². The number of hydrogen-bond donors (Lipinski definition) is 0. The Morgan fingerprint density at radius 1 is 1.12 bits per heavy atom. The lowest BCUT2D eigenvalue weighted by Gasteiger charge is -2.40. The molecule has 0 aromatic carbocycles. The van der Waals surface area contributed by atoms with Crippen molar-refractivity contribution in [1.29, 1.82) is 10.5 Å². The second kappa shape index (κ2) is 8.80. The van der Waals surface area contributed by atoms with Crippen LogP contribution in [0.1, 0.15) is 51.4 Å². The van der Waals surface area contributed by atoms with Crippen LogP contribution in [0.5, 0.6) is 0 Å². The monoisotopic (exact) mass is 352 g/mol. The highest BCUT2D eigenvalue weighted by Gasteiger charge is 2.37. The summed E-state index contributed by atoms with van der Waals surface area (Å²) in [5.74, 6) is -0.112. The second-order valence-electron chi connectivity index (χ2n) is 7.09. The number of nitrogens with zero attached hydrogens (tertiary/aromatic N) is 4. The van der Waals surface area contributed by atoms with Gasteiger partial charge in [0.2, 0.25) is 10.0 Å². The van der Waals surface area contributed by atoms with Gasteiger partial charge in [0.1, 0.15) is 0 Å². The fourth-order valence-electron chi connectivity index (χ4n) is 3.80. The molecule has 2 fully saturated rings. The summed E-state index contributed by atoms with van der Waals surface area (Å²) >= 11 is 0. The highest BCUT2D eigenvalue weighted by atomic mass is 32.2. The topological polar surface area (TPSA) is 88.2 Å². The Kier molecular flexibility index (Phi) is 7.03. The quantitative estimate of drug-likeness (QED) is 0.700. The van der Waals surface area contributed by atoms with Crippen molar-refractivity contribution < 1.29 is 8.42 Å². The molecule has 2 aliphatic rings. The predicted molar refractivity (Wildman–Crippen MR) is 92.4 cm³/mol. The van der Waals surface area contributed by atoms with E-state index in [9.17, 15) is 13.7 Å². The molecule has 1 aliphatic heterocycles. The fourth-order valence-corrected chi connectivity index (χ4v) is 5.31. The molecule has 0 N–H and O–H groups in total. The highest BCUT2D eigenvalue weighted by Crippen LogP contribution is 2.32. The average molecular weight is 353 g/mol. The molecule has 1 heterocycles. The SMILES string of the molecule is CS(=O)(=O)N(C1CCC1)[C@H]1CCCN(C[C@H](C#N)CCC#N)CC1. The van der Waals surface area contributed by atoms with Gasteiger partial charge in [0.05, 0.1) is 24.3 Å². The molecule has 6 nitrogen and oxygen atoms in total. The minimum absolute atomic E-state index is 0.0925. The molecule has 0 radical (unpaired) electrons. The normalized spacial score (nSPS) is 24.6. The van der Waals surface area contributed by atoms with Crippen molar-refractivity contribution in [2.75, 3.05) is 25.9 Å². The lowest BCUT2D eigenvalue weighted by atomic mass is 9.91. The maximum Gasteiger partial charge on any atom is 0.211 e. The van der Waals surface area contributed by atoms with Crippen LogP contribution in [0.25, 0.3) is 0 Å². The maximum atomic E-state index is 12.2. The molecule has 1 saturated heterocycles. The summed E-state index contributed by atoms with van der Waals surface area (Å²) in [4.78, 5) is 2.27. The van der Waals surface area contributed by atoms with Gasteiger partial charge in [-0.3, -0.25) is 0 Å². The van der Waals surface area contributed by atoms with Gasteiger partial charge in [-0.15, -0.1) is 0 Å². The number of sulfonamides is 1. The summed E-state index contributed by atoms with van der Waals surface area (Å²) in [6.45, 7) is 2.42. The molecule has 2 rings (SSSR count). The number of rotatable bonds is 7. The molecule has 0 spiro atoms. The number of nitriles is 2. The molecule has 0 unspecified atom stereocenters. The van der Waals surface area contributed by atoms with Crippen LogP contribution in [-0.2, 0) is 10.0 Å². The van der Waals surface area contributed by atoms with E-state index >= 15 is 0 Å². The molecule has 0 amide bonds. The van der Waals surface area contributed by atoms with Crippen molar-refractivity contribution >= 4 is 10.0 Å². The Hall–Kier alpha value is -1.15. The summed E-state index contributed by atoms with van der Waals surface area (Å²) in [7, 11) is -3.17. The van der Waals surface area contributed by atoms with Gasteiger partial charge in [0.25, 0.3) is 0 Å². The minimum Gasteiger partial charge on any atom is -0.302 e. The van der Waals surface area contributed by atoms with Gasteiger partial charge in [-0.05, 0) is 51.6 Å². The Morgan fingerprint density at radius 2 is 1.79 bits per heavy atom. The molecule has 2 atom stereocenters. The van der Waals surface area contributed by atoms with Crippen LogP contribution < -0.4 is 0 Å². The lowest BCUT2D eigenvalue weighted by molar-refractivity contribution is 0.160. The van der Waals surface area contributed by atoms with Crippen molar-refractivity contribution in [3.8, 4) is 12.1 Å². The Balaban J connectivity index is 1.94. The van der Waals surface area contributed by atoms with Crippen LogP contribution in [0.2, 0.25) is 0 Å². The molecule has 1 saturated carbocycles. The molecule has 0 aromatic heterocycles. The second-order valence-corrected chi connectivity index (χ2v) is 8.97. The average Bonchev–Trinajstić information content (AvgIpc) is 2.71. The summed E-state index contributed by atoms with van der Waals surface area (Å²) in [6.07, 6.45) is 8.15. The maximum absolute atomic E-state index is 12.2. The van der Waals surface area contributed by atoms with Crippen LogP contribution in [0.3, 0.4) is 0 Å². The summed E-state index contributed by atoms with van der Waals surface area (Å²) < 4.78 is 26.3. The van der Waals surface area contributed by atoms with E-state index < -0.39 is 10.0 Å². The minimum atomic E-state index is -3.17. The first-order valence-corrected chi connectivity index (χ1v) is 10.8. The van der Waals surface area contributed by atoms with Crippen LogP contribution in [-0.4, -0.2) is 55.6 Å². The van der Waals surface area contributed by atoms with Crippen molar-refractivity contribution in [3.05, 3.63) is 0 Å². The van der Waals surface area contributed by atoms with Crippen molar-refractivity contribution in [2.24, 2.45) is 5.92 Å². The third-order valence-corrected chi connectivity index (χ3v) is 6.60. The first-order valence-electron chi connectivity index (χ1n) is 8.93. The molecule has 0 aromatic rings. The van der Waals surface area contributed by atoms with E-state index in [0.717, 1.165) is 51.6 Å². The number of likely N-dealkylation sites (tertiary alicyclic amines) is 1. The van der Waals surface area contributed by atoms with Crippen molar-refractivity contribution in [1.82, 2.24) is 9.21 Å². The standard InChI is InChI=1S/C17H28N4O2S/c1-24(22,23)21(16-6-2-7-16)17-8-4-11-20(12-9-17)14-15(13-19)5-3-10-18/h15-17H,2-9,11-12,14H2,1H3/t15-,17-/m0/s1. The summed E-state index contributed by atoms with van der Waals surface area (Å²) in [6, 6.07) is 4.69. The number of hydrogen-bond acceptors (Lipinski definition) is 5. The smallest absolute Gasteiger partial charge is 0.211 e. The fraction of sp³-hybridized carbons (Fsp3) is 0.882. The zero-order chi connectivity index (χ0) is 17.6. The van der Waals surface area contributed by atoms with Crippen LogP contribution in [0.4, 0.5) is 0 Å². The van der Waals surface area contributed by atoms with E-state index in [1.165, 1.54) is 6.26 Å². The van der Waals surface area contributed by atoms with E-state index in [0.29, 0.717) is 19.4 Å². The lowest BCUT2D eigenvalue weighted by Crippen LogP contribution is -2.49. The van der Waals surface area contributed by atoms with E-state index in [2.05, 4.69) is 17.0 Å². The van der Waals surface area contributed by atoms with Crippen molar-refractivity contribution in [2.45, 2.75) is 63.5 Å². The summed E-state index contributed by atoms with van der Waals surface area (Å²) in [5.41, 5.74) is 0. The predicted octanol–water partition coefficient (Wildman–Crippen LogP) is 2.10. The van der Waals surface area contributed by atoms with Gasteiger partial charge in [-0.25, -0.2) is 8.42 Å². The van der Waals surface area contributed by atoms with E-state index in [1.807, 2.05) is 0 Å². The molecule has 24 heavy (non-hydrogen) atoms.